The van der Waals surface area contributed by atoms with Crippen LogP contribution in [-0.2, 0) is 29.0 Å². The van der Waals surface area contributed by atoms with Gasteiger partial charge in [0.1, 0.15) is 0 Å². The van der Waals surface area contributed by atoms with Gasteiger partial charge in [0.25, 0.3) is 0 Å². The summed E-state index contributed by atoms with van der Waals surface area (Å²) in [6, 6.07) is 14.1. The molecule has 0 bridgehead atoms. The summed E-state index contributed by atoms with van der Waals surface area (Å²) in [6.45, 7) is 2.59. The standard InChI is InChI=1S/C20H22N2O2/c1-14-3-5-15(6-4-14)13-21-19(23)12-16-7-9-18-17(11-16)8-10-20(24)22(18)2/h3-7,9,11H,8,10,12-13H2,1-2H3,(H,21,23). The third kappa shape index (κ3) is 3.65. The van der Waals surface area contributed by atoms with Crippen LogP contribution in [0.4, 0.5) is 5.69 Å². The predicted molar refractivity (Wildman–Crippen MR) is 94.9 cm³/mol. The van der Waals surface area contributed by atoms with Crippen molar-refractivity contribution in [2.45, 2.75) is 32.7 Å². The van der Waals surface area contributed by atoms with E-state index in [4.69, 9.17) is 0 Å². The smallest absolute Gasteiger partial charge is 0.227 e. The highest BCUT2D eigenvalue weighted by Gasteiger charge is 2.20. The van der Waals surface area contributed by atoms with Crippen LogP contribution in [0.25, 0.3) is 0 Å². The zero-order valence-electron chi connectivity index (χ0n) is 14.1. The molecule has 1 N–H and O–H groups in total. The van der Waals surface area contributed by atoms with Crippen molar-refractivity contribution in [1.29, 1.82) is 0 Å². The number of carbonyl (C=O) groups excluding carboxylic acids is 2. The summed E-state index contributed by atoms with van der Waals surface area (Å²) >= 11 is 0. The van der Waals surface area contributed by atoms with Crippen molar-refractivity contribution < 1.29 is 9.59 Å². The lowest BCUT2D eigenvalue weighted by Gasteiger charge is -2.26. The van der Waals surface area contributed by atoms with Gasteiger partial charge in [0.2, 0.25) is 11.8 Å². The Hall–Kier alpha value is -2.62. The number of amides is 2. The molecule has 4 nitrogen and oxygen atoms in total. The van der Waals surface area contributed by atoms with Crippen molar-refractivity contribution in [3.05, 3.63) is 64.7 Å². The number of carbonyl (C=O) groups is 2. The Morgan fingerprint density at radius 3 is 2.54 bits per heavy atom. The largest absolute Gasteiger partial charge is 0.352 e. The van der Waals surface area contributed by atoms with Crippen LogP contribution >= 0.6 is 0 Å². The first-order chi connectivity index (χ1) is 11.5. The molecule has 0 atom stereocenters. The fourth-order valence-corrected chi connectivity index (χ4v) is 2.97. The van der Waals surface area contributed by atoms with Crippen LogP contribution in [0.5, 0.6) is 0 Å². The minimum Gasteiger partial charge on any atom is -0.352 e. The first-order valence-corrected chi connectivity index (χ1v) is 8.23. The van der Waals surface area contributed by atoms with Gasteiger partial charge >= 0.3 is 0 Å². The van der Waals surface area contributed by atoms with Gasteiger partial charge in [-0.15, -0.1) is 0 Å². The molecule has 1 aliphatic heterocycles. The van der Waals surface area contributed by atoms with E-state index < -0.39 is 0 Å². The lowest BCUT2D eigenvalue weighted by atomic mass is 9.98. The number of anilines is 1. The lowest BCUT2D eigenvalue weighted by Crippen LogP contribution is -2.31. The van der Waals surface area contributed by atoms with Crippen LogP contribution in [-0.4, -0.2) is 18.9 Å². The van der Waals surface area contributed by atoms with Crippen LogP contribution in [0.1, 0.15) is 28.7 Å². The number of hydrogen-bond donors (Lipinski definition) is 1. The van der Waals surface area contributed by atoms with Crippen LogP contribution in [0.15, 0.2) is 42.5 Å². The van der Waals surface area contributed by atoms with Crippen LogP contribution in [0, 0.1) is 6.92 Å². The van der Waals surface area contributed by atoms with E-state index in [0.717, 1.165) is 28.8 Å². The summed E-state index contributed by atoms with van der Waals surface area (Å²) in [4.78, 5) is 25.6. The van der Waals surface area contributed by atoms with Gasteiger partial charge < -0.3 is 10.2 Å². The fraction of sp³-hybridized carbons (Fsp3) is 0.300. The number of benzene rings is 2. The quantitative estimate of drug-likeness (QED) is 0.941. The van der Waals surface area contributed by atoms with Gasteiger partial charge in [-0.3, -0.25) is 9.59 Å². The third-order valence-electron chi connectivity index (χ3n) is 4.46. The molecule has 0 saturated carbocycles. The molecule has 1 heterocycles. The highest BCUT2D eigenvalue weighted by atomic mass is 16.2. The maximum atomic E-state index is 12.2. The number of hydrogen-bond acceptors (Lipinski definition) is 2. The van der Waals surface area contributed by atoms with E-state index in [1.54, 1.807) is 11.9 Å². The van der Waals surface area contributed by atoms with Crippen molar-refractivity contribution in [2.75, 3.05) is 11.9 Å². The monoisotopic (exact) mass is 322 g/mol. The lowest BCUT2D eigenvalue weighted by molar-refractivity contribution is -0.120. The van der Waals surface area contributed by atoms with E-state index in [-0.39, 0.29) is 11.8 Å². The van der Waals surface area contributed by atoms with Gasteiger partial charge in [0.15, 0.2) is 0 Å². The molecule has 2 amide bonds. The molecular formula is C20H22N2O2. The Balaban J connectivity index is 1.60. The molecule has 0 aromatic heterocycles. The van der Waals surface area contributed by atoms with E-state index >= 15 is 0 Å². The third-order valence-corrected chi connectivity index (χ3v) is 4.46. The molecule has 4 heteroatoms. The first-order valence-electron chi connectivity index (χ1n) is 8.23. The molecule has 0 radical (unpaired) electrons. The Bertz CT molecular complexity index is 766. The van der Waals surface area contributed by atoms with Gasteiger partial charge in [-0.05, 0) is 36.1 Å². The normalized spacial score (nSPS) is 13.6. The number of fused-ring (bicyclic) bond motifs is 1. The molecule has 124 valence electrons. The van der Waals surface area contributed by atoms with Gasteiger partial charge in [0.05, 0.1) is 6.42 Å². The molecule has 0 unspecified atom stereocenters. The Kier molecular flexibility index (Phi) is 4.65. The fourth-order valence-electron chi connectivity index (χ4n) is 2.97. The number of aryl methyl sites for hydroxylation is 2. The van der Waals surface area contributed by atoms with Gasteiger partial charge in [-0.1, -0.05) is 42.0 Å². The second kappa shape index (κ2) is 6.87. The molecule has 0 spiro atoms. The Morgan fingerprint density at radius 2 is 1.79 bits per heavy atom. The summed E-state index contributed by atoms with van der Waals surface area (Å²) in [5.41, 5.74) is 5.39. The first kappa shape index (κ1) is 16.2. The van der Waals surface area contributed by atoms with Crippen molar-refractivity contribution in [1.82, 2.24) is 5.32 Å². The maximum absolute atomic E-state index is 12.2. The van der Waals surface area contributed by atoms with Crippen LogP contribution in [0.2, 0.25) is 0 Å². The predicted octanol–water partition coefficient (Wildman–Crippen LogP) is 2.76. The SMILES string of the molecule is Cc1ccc(CNC(=O)Cc2ccc3c(c2)CCC(=O)N3C)cc1. The van der Waals surface area contributed by atoms with Crippen molar-refractivity contribution in [2.24, 2.45) is 0 Å². The molecule has 0 fully saturated rings. The number of rotatable bonds is 4. The Morgan fingerprint density at radius 1 is 1.08 bits per heavy atom. The van der Waals surface area contributed by atoms with E-state index in [9.17, 15) is 9.59 Å². The van der Waals surface area contributed by atoms with Crippen molar-refractivity contribution in [3.8, 4) is 0 Å². The average Bonchev–Trinajstić information content (AvgIpc) is 2.58. The average molecular weight is 322 g/mol. The van der Waals surface area contributed by atoms with E-state index in [1.807, 2.05) is 49.4 Å². The zero-order chi connectivity index (χ0) is 17.1. The van der Waals surface area contributed by atoms with Gasteiger partial charge in [-0.25, -0.2) is 0 Å². The highest BCUT2D eigenvalue weighted by Crippen LogP contribution is 2.27. The topological polar surface area (TPSA) is 49.4 Å². The second-order valence-electron chi connectivity index (χ2n) is 6.35. The van der Waals surface area contributed by atoms with Crippen LogP contribution in [0.3, 0.4) is 0 Å². The summed E-state index contributed by atoms with van der Waals surface area (Å²) in [5, 5.41) is 2.96. The molecular weight excluding hydrogens is 300 g/mol. The van der Waals surface area contributed by atoms with E-state index in [1.165, 1.54) is 5.56 Å². The van der Waals surface area contributed by atoms with Crippen LogP contribution < -0.4 is 10.2 Å². The maximum Gasteiger partial charge on any atom is 0.227 e. The van der Waals surface area contributed by atoms with Gasteiger partial charge in [-0.2, -0.15) is 0 Å². The molecule has 2 aromatic rings. The summed E-state index contributed by atoms with van der Waals surface area (Å²) in [6.07, 6.45) is 1.64. The summed E-state index contributed by atoms with van der Waals surface area (Å²) in [5.74, 6) is 0.154. The molecule has 1 aliphatic rings. The summed E-state index contributed by atoms with van der Waals surface area (Å²) < 4.78 is 0. The van der Waals surface area contributed by atoms with E-state index in [2.05, 4.69) is 5.32 Å². The van der Waals surface area contributed by atoms with E-state index in [0.29, 0.717) is 19.4 Å². The van der Waals surface area contributed by atoms with Crippen molar-refractivity contribution in [3.63, 3.8) is 0 Å². The number of nitrogens with one attached hydrogen (secondary N) is 1. The molecule has 24 heavy (non-hydrogen) atoms. The highest BCUT2D eigenvalue weighted by molar-refractivity contribution is 5.96. The molecule has 0 saturated heterocycles. The number of nitrogens with zero attached hydrogens (tertiary/aromatic N) is 1. The second-order valence-corrected chi connectivity index (χ2v) is 6.35. The minimum atomic E-state index is 0.00997. The zero-order valence-corrected chi connectivity index (χ0v) is 14.1. The summed E-state index contributed by atoms with van der Waals surface area (Å²) in [7, 11) is 1.80. The molecule has 2 aromatic carbocycles. The molecule has 3 rings (SSSR count). The Labute approximate surface area is 142 Å². The molecule has 0 aliphatic carbocycles. The van der Waals surface area contributed by atoms with Crippen molar-refractivity contribution >= 4 is 17.5 Å². The van der Waals surface area contributed by atoms with Gasteiger partial charge in [0, 0.05) is 25.7 Å². The minimum absolute atomic E-state index is 0.00997.